The van der Waals surface area contributed by atoms with Gasteiger partial charge in [-0.05, 0) is 0 Å². The number of rotatable bonds is 3. The van der Waals surface area contributed by atoms with E-state index >= 15 is 0 Å². The summed E-state index contributed by atoms with van der Waals surface area (Å²) < 4.78 is 0. The summed E-state index contributed by atoms with van der Waals surface area (Å²) in [5, 5.41) is 8.14. The normalized spacial score (nSPS) is 10.6. The van der Waals surface area contributed by atoms with Crippen LogP contribution in [-0.2, 0) is 0 Å². The van der Waals surface area contributed by atoms with Gasteiger partial charge in [-0.15, -0.1) is 0 Å². The first-order chi connectivity index (χ1) is 3.41. The van der Waals surface area contributed by atoms with E-state index in [1.165, 1.54) is 0 Å². The predicted molar refractivity (Wildman–Crippen MR) is 29.5 cm³/mol. The zero-order valence-electron chi connectivity index (χ0n) is 4.17. The summed E-state index contributed by atoms with van der Waals surface area (Å²) >= 11 is 0. The van der Waals surface area contributed by atoms with Crippen molar-refractivity contribution in [3.8, 4) is 0 Å². The van der Waals surface area contributed by atoms with Crippen LogP contribution in [0.25, 0.3) is 0 Å². The van der Waals surface area contributed by atoms with Gasteiger partial charge in [0.2, 0.25) is 0 Å². The van der Waals surface area contributed by atoms with Crippen molar-refractivity contribution in [3.05, 3.63) is 0 Å². The smallest absolute Gasteiger partial charge is 0.0626 e. The number of hydrogen-bond donors (Lipinski definition) is 2. The molecule has 0 radical (unpaired) electrons. The van der Waals surface area contributed by atoms with Crippen molar-refractivity contribution in [3.63, 3.8) is 0 Å². The molecule has 42 valence electrons. The second kappa shape index (κ2) is 5.59. The molecule has 3 nitrogen and oxygen atoms in total. The molecule has 3 N–H and O–H groups in total. The summed E-state index contributed by atoms with van der Waals surface area (Å²) in [6.45, 7) is 1.04. The first-order valence-corrected chi connectivity index (χ1v) is 2.21. The molecule has 0 aliphatic rings. The fourth-order valence-corrected chi connectivity index (χ4v) is 0.224. The zero-order valence-corrected chi connectivity index (χ0v) is 4.17. The van der Waals surface area contributed by atoms with Crippen molar-refractivity contribution in [2.75, 3.05) is 19.7 Å². The molecule has 0 aliphatic carbocycles. The number of nitrogens with two attached hydrogens (primary N) is 1. The first kappa shape index (κ1) is 6.59. The van der Waals surface area contributed by atoms with Crippen LogP contribution in [0.4, 0.5) is 0 Å². The highest BCUT2D eigenvalue weighted by Gasteiger charge is 1.68. The molecule has 0 amide bonds. The van der Waals surface area contributed by atoms with Gasteiger partial charge < -0.3 is 10.8 Å². The summed E-state index contributed by atoms with van der Waals surface area (Å²) in [5.41, 5.74) is 5.04. The van der Waals surface area contributed by atoms with Gasteiger partial charge in [-0.1, -0.05) is 0 Å². The second-order valence-corrected chi connectivity index (χ2v) is 1.05. The highest BCUT2D eigenvalue weighted by molar-refractivity contribution is 5.58. The van der Waals surface area contributed by atoms with E-state index in [0.717, 1.165) is 0 Å². The van der Waals surface area contributed by atoms with Crippen molar-refractivity contribution in [1.29, 1.82) is 0 Å². The van der Waals surface area contributed by atoms with E-state index < -0.39 is 0 Å². The minimum absolute atomic E-state index is 0.108. The van der Waals surface area contributed by atoms with Crippen molar-refractivity contribution < 1.29 is 5.11 Å². The fraction of sp³-hybridized carbons (Fsp3) is 0.750. The van der Waals surface area contributed by atoms with Crippen molar-refractivity contribution in [2.45, 2.75) is 0 Å². The molecule has 0 atom stereocenters. The van der Waals surface area contributed by atoms with E-state index in [2.05, 4.69) is 4.99 Å². The summed E-state index contributed by atoms with van der Waals surface area (Å²) in [6, 6.07) is 0. The van der Waals surface area contributed by atoms with Gasteiger partial charge in [0.05, 0.1) is 13.2 Å². The first-order valence-electron chi connectivity index (χ1n) is 2.21. The fourth-order valence-electron chi connectivity index (χ4n) is 0.224. The summed E-state index contributed by atoms with van der Waals surface area (Å²) in [6.07, 6.45) is 1.58. The van der Waals surface area contributed by atoms with Gasteiger partial charge in [-0.25, -0.2) is 0 Å². The molecule has 0 saturated heterocycles. The molecule has 0 aromatic heterocycles. The van der Waals surface area contributed by atoms with Crippen LogP contribution in [0.5, 0.6) is 0 Å². The number of aliphatic hydroxyl groups is 1. The molecule has 0 heterocycles. The standard InChI is InChI=1S/C4H10N2O/c5-1-2-6-3-4-7/h2,7H,1,3-5H2. The topological polar surface area (TPSA) is 58.6 Å². The van der Waals surface area contributed by atoms with E-state index in [1.807, 2.05) is 0 Å². The predicted octanol–water partition coefficient (Wildman–Crippen LogP) is -0.992. The third kappa shape index (κ3) is 5.59. The molecule has 0 aromatic carbocycles. The molecule has 0 rings (SSSR count). The van der Waals surface area contributed by atoms with Crippen LogP contribution in [0.2, 0.25) is 0 Å². The molecule has 0 aromatic rings. The number of hydrogen-bond acceptors (Lipinski definition) is 3. The quantitative estimate of drug-likeness (QED) is 0.449. The van der Waals surface area contributed by atoms with E-state index in [-0.39, 0.29) is 6.61 Å². The molecular weight excluding hydrogens is 92.1 g/mol. The molecule has 0 fully saturated rings. The lowest BCUT2D eigenvalue weighted by atomic mass is 10.7. The van der Waals surface area contributed by atoms with E-state index in [4.69, 9.17) is 10.8 Å². The molecule has 0 bridgehead atoms. The van der Waals surface area contributed by atoms with Crippen LogP contribution in [0, 0.1) is 0 Å². The van der Waals surface area contributed by atoms with E-state index in [9.17, 15) is 0 Å². The van der Waals surface area contributed by atoms with Crippen LogP contribution in [0.1, 0.15) is 0 Å². The van der Waals surface area contributed by atoms with Crippen LogP contribution in [-0.4, -0.2) is 31.0 Å². The largest absolute Gasteiger partial charge is 0.394 e. The molecule has 0 spiro atoms. The Balaban J connectivity index is 2.78. The van der Waals surface area contributed by atoms with Crippen LogP contribution >= 0.6 is 0 Å². The van der Waals surface area contributed by atoms with E-state index in [0.29, 0.717) is 13.1 Å². The van der Waals surface area contributed by atoms with Crippen LogP contribution in [0.3, 0.4) is 0 Å². The van der Waals surface area contributed by atoms with Gasteiger partial charge in [0.15, 0.2) is 0 Å². The Morgan fingerprint density at radius 3 is 2.86 bits per heavy atom. The molecule has 7 heavy (non-hydrogen) atoms. The molecule has 3 heteroatoms. The SMILES string of the molecule is NCC=NCCO. The minimum Gasteiger partial charge on any atom is -0.394 e. The van der Waals surface area contributed by atoms with Crippen molar-refractivity contribution >= 4 is 6.21 Å². The lowest BCUT2D eigenvalue weighted by molar-refractivity contribution is 0.307. The van der Waals surface area contributed by atoms with Crippen molar-refractivity contribution in [2.24, 2.45) is 10.7 Å². The van der Waals surface area contributed by atoms with Gasteiger partial charge in [0.1, 0.15) is 0 Å². The van der Waals surface area contributed by atoms with Gasteiger partial charge in [0.25, 0.3) is 0 Å². The lowest BCUT2D eigenvalue weighted by Crippen LogP contribution is -2.00. The maximum absolute atomic E-state index is 8.14. The average molecular weight is 102 g/mol. The Kier molecular flexibility index (Phi) is 5.26. The molecular formula is C4H10N2O. The average Bonchev–Trinajstić information content (AvgIpc) is 1.69. The van der Waals surface area contributed by atoms with Crippen molar-refractivity contribution in [1.82, 2.24) is 0 Å². The zero-order chi connectivity index (χ0) is 5.54. The van der Waals surface area contributed by atoms with Gasteiger partial charge in [-0.2, -0.15) is 0 Å². The van der Waals surface area contributed by atoms with E-state index in [1.54, 1.807) is 6.21 Å². The van der Waals surface area contributed by atoms with Gasteiger partial charge in [-0.3, -0.25) is 4.99 Å². The minimum atomic E-state index is 0.108. The third-order valence-electron chi connectivity index (χ3n) is 0.464. The Bertz CT molecular complexity index is 53.7. The van der Waals surface area contributed by atoms with Crippen LogP contribution in [0.15, 0.2) is 4.99 Å². The highest BCUT2D eigenvalue weighted by atomic mass is 16.3. The van der Waals surface area contributed by atoms with Gasteiger partial charge >= 0.3 is 0 Å². The summed E-state index contributed by atoms with van der Waals surface area (Å²) in [4.78, 5) is 3.71. The Hall–Kier alpha value is -0.410. The lowest BCUT2D eigenvalue weighted by Gasteiger charge is -1.81. The number of nitrogens with zero attached hydrogens (tertiary/aromatic N) is 1. The molecule has 0 saturated carbocycles. The third-order valence-corrected chi connectivity index (χ3v) is 0.464. The second-order valence-electron chi connectivity index (χ2n) is 1.05. The molecule has 0 unspecified atom stereocenters. The maximum atomic E-state index is 8.14. The Morgan fingerprint density at radius 1 is 1.71 bits per heavy atom. The number of aliphatic imine (C=N–C) groups is 1. The monoisotopic (exact) mass is 102 g/mol. The number of aliphatic hydroxyl groups excluding tert-OH is 1. The van der Waals surface area contributed by atoms with Gasteiger partial charge in [0, 0.05) is 12.8 Å². The maximum Gasteiger partial charge on any atom is 0.0626 e. The highest BCUT2D eigenvalue weighted by Crippen LogP contribution is 1.60. The summed E-state index contributed by atoms with van der Waals surface area (Å²) in [7, 11) is 0. The summed E-state index contributed by atoms with van der Waals surface area (Å²) in [5.74, 6) is 0. The Morgan fingerprint density at radius 2 is 2.43 bits per heavy atom. The Labute approximate surface area is 42.9 Å². The molecule has 0 aliphatic heterocycles. The van der Waals surface area contributed by atoms with Crippen LogP contribution < -0.4 is 5.73 Å².